The fourth-order valence-electron chi connectivity index (χ4n) is 11.1. The van der Waals surface area contributed by atoms with E-state index in [0.717, 1.165) is 135 Å². The van der Waals surface area contributed by atoms with Crippen LogP contribution in [-0.2, 0) is 32.7 Å². The number of ether oxygens (including phenoxy) is 2. The van der Waals surface area contributed by atoms with Crippen molar-refractivity contribution in [1.82, 2.24) is 0 Å². The zero-order valence-electron chi connectivity index (χ0n) is 65.1. The van der Waals surface area contributed by atoms with E-state index >= 15 is 0 Å². The highest BCUT2D eigenvalue weighted by Gasteiger charge is 2.22. The number of quaternary nitrogens is 1. The highest BCUT2D eigenvalue weighted by Crippen LogP contribution is 2.38. The van der Waals surface area contributed by atoms with Gasteiger partial charge in [-0.15, -0.1) is 0 Å². The largest absolute Gasteiger partial charge is 0.756 e. The van der Waals surface area contributed by atoms with Crippen molar-refractivity contribution >= 4 is 19.8 Å². The second kappa shape index (κ2) is 78.5. The van der Waals surface area contributed by atoms with Crippen LogP contribution >= 0.6 is 7.82 Å². The van der Waals surface area contributed by atoms with Crippen molar-refractivity contribution in [3.63, 3.8) is 0 Å². The second-order valence-electron chi connectivity index (χ2n) is 28.0. The molecule has 0 N–H and O–H groups in total. The topological polar surface area (TPSA) is 111 Å². The molecular weight excluding hydrogens is 1250 g/mol. The lowest BCUT2D eigenvalue weighted by atomic mass is 10.0. The third-order valence-corrected chi connectivity index (χ3v) is 18.2. The first-order valence-electron chi connectivity index (χ1n) is 40.8. The molecule has 0 fully saturated rings. The lowest BCUT2D eigenvalue weighted by Gasteiger charge is -2.28. The molecule has 0 aromatic heterocycles. The maximum Gasteiger partial charge on any atom is 0.306 e. The summed E-state index contributed by atoms with van der Waals surface area (Å²) in [7, 11) is 1.15. The lowest BCUT2D eigenvalue weighted by Crippen LogP contribution is -2.37. The summed E-state index contributed by atoms with van der Waals surface area (Å²) >= 11 is 0. The van der Waals surface area contributed by atoms with Gasteiger partial charge in [-0.25, -0.2) is 0 Å². The molecule has 0 radical (unpaired) electrons. The quantitative estimate of drug-likeness (QED) is 0.0195. The minimum absolute atomic E-state index is 0.0385. The average molecular weight is 1410 g/mol. The minimum atomic E-state index is -4.66. The standard InChI is InChI=1S/C90H152NO8P/c1-6-8-10-12-14-16-18-20-22-24-26-28-30-32-34-36-38-40-42-44-45-47-49-51-53-55-57-59-61-63-65-67-69-71-73-75-77-79-81-83-90(93)99-88(87-98-100(94,95)97-85-84-91(3,4)5)86-96-89(92)82-80-78-76-74-72-70-68-66-64-62-60-58-56-54-52-50-48-46-43-41-39-37-35-33-31-29-27-25-23-21-19-17-15-13-11-9-7-2/h8-11,14-17,20-23,26-29,32,34,38,40,44-45,49,51,55,57,61,63,88H,6-7,12-13,18-19,24-25,30-31,33,35-37,39,41-43,46-48,50,52-54,56,58-60,62,64-87H2,1-5H3/b10-8-,11-9-,16-14-,17-15-,22-20-,23-21-,28-26-,29-27-,34-32-,40-38-,45-44-,51-49-,57-55-,63-61-. The minimum Gasteiger partial charge on any atom is -0.756 e. The Bertz CT molecular complexity index is 2300. The number of allylic oxidation sites excluding steroid dienone is 28. The monoisotopic (exact) mass is 1410 g/mol. The van der Waals surface area contributed by atoms with E-state index in [1.807, 2.05) is 21.1 Å². The number of unbranched alkanes of at least 4 members (excludes halogenated alkanes) is 32. The van der Waals surface area contributed by atoms with E-state index in [1.54, 1.807) is 0 Å². The molecule has 100 heavy (non-hydrogen) atoms. The van der Waals surface area contributed by atoms with Crippen LogP contribution in [0.15, 0.2) is 170 Å². The van der Waals surface area contributed by atoms with Crippen LogP contribution in [0.3, 0.4) is 0 Å². The van der Waals surface area contributed by atoms with Crippen LogP contribution in [0, 0.1) is 0 Å². The van der Waals surface area contributed by atoms with Crippen molar-refractivity contribution in [2.45, 2.75) is 341 Å². The Hall–Kier alpha value is -4.63. The van der Waals surface area contributed by atoms with Crippen LogP contribution in [0.2, 0.25) is 0 Å². The first-order valence-corrected chi connectivity index (χ1v) is 42.3. The van der Waals surface area contributed by atoms with Gasteiger partial charge in [-0.05, 0) is 128 Å². The Morgan fingerprint density at radius 1 is 0.310 bits per heavy atom. The SMILES string of the molecule is CC/C=C\C/C=C\C/C=C\C/C=C\C/C=C\C/C=C\C/C=C\C/C=C\C/C=C\C/C=C\CCCCCCCCCCC(=O)OC(COC(=O)CCCCCCCCCCCCCCCCCCCCCCCCCC/C=C\C/C=C\C/C=C\C/C=C\CC)COP(=O)([O-])OCC[N+](C)(C)C. The number of carbonyl (C=O) groups is 2. The van der Waals surface area contributed by atoms with E-state index < -0.39 is 26.5 Å². The van der Waals surface area contributed by atoms with E-state index in [1.165, 1.54) is 167 Å². The molecule has 0 saturated heterocycles. The summed E-state index contributed by atoms with van der Waals surface area (Å²) < 4.78 is 34.4. The Morgan fingerprint density at radius 3 is 0.800 bits per heavy atom. The Kier molecular flexibility index (Phi) is 74.9. The summed E-state index contributed by atoms with van der Waals surface area (Å²) in [6.45, 7) is 4.02. The van der Waals surface area contributed by atoms with Gasteiger partial charge in [-0.3, -0.25) is 14.2 Å². The molecule has 0 heterocycles. The molecule has 0 aliphatic carbocycles. The molecule has 570 valence electrons. The number of hydrogen-bond acceptors (Lipinski definition) is 8. The average Bonchev–Trinajstić information content (AvgIpc) is 1.07. The summed E-state index contributed by atoms with van der Waals surface area (Å²) in [6.07, 6.45) is 119. The predicted molar refractivity (Wildman–Crippen MR) is 433 cm³/mol. The van der Waals surface area contributed by atoms with Crippen LogP contribution in [0.5, 0.6) is 0 Å². The molecule has 0 aromatic rings. The summed E-state index contributed by atoms with van der Waals surface area (Å²) in [4.78, 5) is 38.2. The number of phosphoric ester groups is 1. The van der Waals surface area contributed by atoms with Crippen LogP contribution < -0.4 is 4.89 Å². The van der Waals surface area contributed by atoms with Gasteiger partial charge >= 0.3 is 11.9 Å². The lowest BCUT2D eigenvalue weighted by molar-refractivity contribution is -0.870. The molecule has 10 heteroatoms. The van der Waals surface area contributed by atoms with E-state index in [2.05, 4.69) is 184 Å². The maximum absolute atomic E-state index is 12.9. The van der Waals surface area contributed by atoms with E-state index in [4.69, 9.17) is 18.5 Å². The summed E-state index contributed by atoms with van der Waals surface area (Å²) in [6, 6.07) is 0. The molecule has 0 aliphatic heterocycles. The Morgan fingerprint density at radius 2 is 0.540 bits per heavy atom. The third kappa shape index (κ3) is 82.3. The molecule has 0 aromatic carbocycles. The van der Waals surface area contributed by atoms with Crippen molar-refractivity contribution in [2.75, 3.05) is 47.5 Å². The molecule has 2 atom stereocenters. The normalized spacial score (nSPS) is 13.9. The van der Waals surface area contributed by atoms with Crippen molar-refractivity contribution in [1.29, 1.82) is 0 Å². The van der Waals surface area contributed by atoms with Crippen LogP contribution in [0.4, 0.5) is 0 Å². The van der Waals surface area contributed by atoms with Crippen LogP contribution in [0.1, 0.15) is 335 Å². The fourth-order valence-corrected chi connectivity index (χ4v) is 11.8. The van der Waals surface area contributed by atoms with Crippen molar-refractivity contribution < 1.29 is 42.1 Å². The summed E-state index contributed by atoms with van der Waals surface area (Å²) in [5, 5.41) is 0. The fraction of sp³-hybridized carbons (Fsp3) is 0.667. The summed E-state index contributed by atoms with van der Waals surface area (Å²) in [5.41, 5.74) is 0. The molecule has 0 bridgehead atoms. The smallest absolute Gasteiger partial charge is 0.306 e. The molecular formula is C90H152NO8P. The van der Waals surface area contributed by atoms with E-state index in [9.17, 15) is 19.0 Å². The molecule has 0 aliphatic rings. The van der Waals surface area contributed by atoms with Gasteiger partial charge in [0, 0.05) is 12.8 Å². The number of nitrogens with zero attached hydrogens (tertiary/aromatic N) is 1. The summed E-state index contributed by atoms with van der Waals surface area (Å²) in [5.74, 6) is -0.840. The predicted octanol–water partition coefficient (Wildman–Crippen LogP) is 27.0. The van der Waals surface area contributed by atoms with Crippen LogP contribution in [0.25, 0.3) is 0 Å². The number of carbonyl (C=O) groups excluding carboxylic acids is 2. The van der Waals surface area contributed by atoms with E-state index in [-0.39, 0.29) is 32.0 Å². The molecule has 9 nitrogen and oxygen atoms in total. The number of likely N-dealkylation sites (N-methyl/N-ethyl adjacent to an activating group) is 1. The Labute approximate surface area is 617 Å². The van der Waals surface area contributed by atoms with Gasteiger partial charge in [0.2, 0.25) is 0 Å². The number of rotatable bonds is 74. The number of hydrogen-bond donors (Lipinski definition) is 0. The third-order valence-electron chi connectivity index (χ3n) is 17.2. The maximum atomic E-state index is 12.9. The first kappa shape index (κ1) is 95.4. The molecule has 2 unspecified atom stereocenters. The van der Waals surface area contributed by atoms with Crippen molar-refractivity contribution in [3.05, 3.63) is 170 Å². The van der Waals surface area contributed by atoms with Gasteiger partial charge < -0.3 is 27.9 Å². The van der Waals surface area contributed by atoms with Gasteiger partial charge in [0.05, 0.1) is 27.7 Å². The molecule has 0 spiro atoms. The molecule has 0 saturated carbocycles. The van der Waals surface area contributed by atoms with Gasteiger partial charge in [-0.1, -0.05) is 364 Å². The Balaban J connectivity index is 4.02. The van der Waals surface area contributed by atoms with Crippen molar-refractivity contribution in [3.8, 4) is 0 Å². The van der Waals surface area contributed by atoms with Crippen LogP contribution in [-0.4, -0.2) is 70.0 Å². The second-order valence-corrected chi connectivity index (χ2v) is 29.4. The highest BCUT2D eigenvalue weighted by atomic mass is 31.2. The van der Waals surface area contributed by atoms with Gasteiger partial charge in [0.25, 0.3) is 7.82 Å². The highest BCUT2D eigenvalue weighted by molar-refractivity contribution is 7.45. The van der Waals surface area contributed by atoms with Gasteiger partial charge in [0.15, 0.2) is 6.10 Å². The van der Waals surface area contributed by atoms with Gasteiger partial charge in [-0.2, -0.15) is 0 Å². The van der Waals surface area contributed by atoms with Gasteiger partial charge in [0.1, 0.15) is 19.8 Å². The zero-order chi connectivity index (χ0) is 72.5. The van der Waals surface area contributed by atoms with Crippen molar-refractivity contribution in [2.24, 2.45) is 0 Å². The zero-order valence-corrected chi connectivity index (χ0v) is 66.0. The first-order chi connectivity index (χ1) is 49.0. The number of esters is 2. The molecule has 0 amide bonds. The van der Waals surface area contributed by atoms with E-state index in [0.29, 0.717) is 17.4 Å². The molecule has 0 rings (SSSR count). The number of phosphoric acid groups is 1.